The molecule has 0 spiro atoms. The highest BCUT2D eigenvalue weighted by Gasteiger charge is 2.41. The van der Waals surface area contributed by atoms with Crippen molar-refractivity contribution in [2.45, 2.75) is 51.8 Å². The summed E-state index contributed by atoms with van der Waals surface area (Å²) in [5.41, 5.74) is 0.434. The molecule has 0 aliphatic carbocycles. The monoisotopic (exact) mass is 261 g/mol. The molecule has 0 unspecified atom stereocenters. The van der Waals surface area contributed by atoms with Gasteiger partial charge in [-0.2, -0.15) is 5.06 Å². The second kappa shape index (κ2) is 4.99. The molecule has 1 aromatic carbocycles. The van der Waals surface area contributed by atoms with Crippen molar-refractivity contribution in [2.75, 3.05) is 0 Å². The summed E-state index contributed by atoms with van der Waals surface area (Å²) in [5, 5.41) is 11.6. The van der Waals surface area contributed by atoms with E-state index in [1.807, 2.05) is 52.0 Å². The Labute approximate surface area is 115 Å². The molecule has 1 heterocycles. The summed E-state index contributed by atoms with van der Waals surface area (Å²) in [4.78, 5) is 0. The second-order valence-corrected chi connectivity index (χ2v) is 6.34. The lowest BCUT2D eigenvalue weighted by atomic mass is 9.86. The minimum absolute atomic E-state index is 0.315. The first-order chi connectivity index (χ1) is 8.81. The molecule has 0 amide bonds. The number of hydrogen-bond acceptors (Lipinski definition) is 3. The van der Waals surface area contributed by atoms with Gasteiger partial charge in [-0.15, -0.1) is 0 Å². The summed E-state index contributed by atoms with van der Waals surface area (Å²) >= 11 is 0. The standard InChI is InChI=1S/C16H23NO2/c1-15(2)10-14(11-16(3,4)17(15)18)19-12-13-8-6-5-7-9-13/h5-10,18H,11-12H2,1-4H3. The highest BCUT2D eigenvalue weighted by atomic mass is 16.5. The van der Waals surface area contributed by atoms with Crippen LogP contribution in [-0.4, -0.2) is 21.3 Å². The van der Waals surface area contributed by atoms with Crippen LogP contribution in [0.15, 0.2) is 42.2 Å². The molecule has 1 aromatic rings. The van der Waals surface area contributed by atoms with Crippen molar-refractivity contribution in [1.29, 1.82) is 0 Å². The smallest absolute Gasteiger partial charge is 0.113 e. The first-order valence-corrected chi connectivity index (χ1v) is 6.69. The first kappa shape index (κ1) is 14.1. The predicted octanol–water partition coefficient (Wildman–Crippen LogP) is 3.74. The molecule has 19 heavy (non-hydrogen) atoms. The minimum atomic E-state index is -0.409. The lowest BCUT2D eigenvalue weighted by molar-refractivity contribution is -0.218. The van der Waals surface area contributed by atoms with Crippen molar-refractivity contribution < 1.29 is 9.94 Å². The van der Waals surface area contributed by atoms with Crippen LogP contribution >= 0.6 is 0 Å². The topological polar surface area (TPSA) is 32.7 Å². The normalized spacial score (nSPS) is 21.8. The zero-order valence-corrected chi connectivity index (χ0v) is 12.2. The van der Waals surface area contributed by atoms with Crippen molar-refractivity contribution in [1.82, 2.24) is 5.06 Å². The summed E-state index contributed by atoms with van der Waals surface area (Å²) in [6, 6.07) is 10.1. The molecule has 0 atom stereocenters. The molecular formula is C16H23NO2. The van der Waals surface area contributed by atoms with E-state index >= 15 is 0 Å². The summed E-state index contributed by atoms with van der Waals surface area (Å²) in [5.74, 6) is 0.948. The van der Waals surface area contributed by atoms with Gasteiger partial charge in [-0.1, -0.05) is 30.3 Å². The molecule has 0 bridgehead atoms. The van der Waals surface area contributed by atoms with Gasteiger partial charge in [0, 0.05) is 12.0 Å². The maximum atomic E-state index is 10.2. The number of benzene rings is 1. The van der Waals surface area contributed by atoms with Gasteiger partial charge >= 0.3 is 0 Å². The Kier molecular flexibility index (Phi) is 3.70. The molecule has 3 heteroatoms. The van der Waals surface area contributed by atoms with Crippen molar-refractivity contribution in [2.24, 2.45) is 0 Å². The van der Waals surface area contributed by atoms with Crippen LogP contribution in [0.25, 0.3) is 0 Å². The average molecular weight is 261 g/mol. The van der Waals surface area contributed by atoms with E-state index in [1.54, 1.807) is 0 Å². The highest BCUT2D eigenvalue weighted by Crippen LogP contribution is 2.36. The van der Waals surface area contributed by atoms with Crippen LogP contribution in [0.2, 0.25) is 0 Å². The van der Waals surface area contributed by atoms with Gasteiger partial charge in [0.25, 0.3) is 0 Å². The average Bonchev–Trinajstić information content (AvgIpc) is 2.34. The van der Waals surface area contributed by atoms with Gasteiger partial charge in [-0.05, 0) is 39.3 Å². The number of ether oxygens (including phenoxy) is 1. The van der Waals surface area contributed by atoms with Crippen LogP contribution in [0.1, 0.15) is 39.7 Å². The molecule has 0 saturated carbocycles. The molecule has 104 valence electrons. The Morgan fingerprint density at radius 3 is 2.37 bits per heavy atom. The third kappa shape index (κ3) is 3.17. The van der Waals surface area contributed by atoms with E-state index in [2.05, 4.69) is 12.1 Å². The van der Waals surface area contributed by atoms with Gasteiger partial charge < -0.3 is 9.94 Å². The number of hydroxylamine groups is 2. The SMILES string of the molecule is CC1(C)C=C(OCc2ccccc2)CC(C)(C)N1O. The summed E-state index contributed by atoms with van der Waals surface area (Å²) in [6.45, 7) is 8.59. The van der Waals surface area contributed by atoms with E-state index < -0.39 is 5.54 Å². The molecule has 3 nitrogen and oxygen atoms in total. The van der Waals surface area contributed by atoms with Crippen LogP contribution in [-0.2, 0) is 11.3 Å². The van der Waals surface area contributed by atoms with Gasteiger partial charge in [0.2, 0.25) is 0 Å². The number of rotatable bonds is 3. The lowest BCUT2D eigenvalue weighted by Gasteiger charge is -2.46. The molecule has 0 saturated heterocycles. The van der Waals surface area contributed by atoms with Crippen molar-refractivity contribution in [3.8, 4) is 0 Å². The fourth-order valence-electron chi connectivity index (χ4n) is 2.63. The lowest BCUT2D eigenvalue weighted by Crippen LogP contribution is -2.55. The Morgan fingerprint density at radius 2 is 1.79 bits per heavy atom. The second-order valence-electron chi connectivity index (χ2n) is 6.34. The molecule has 1 aliphatic rings. The fourth-order valence-corrected chi connectivity index (χ4v) is 2.63. The molecule has 2 rings (SSSR count). The van der Waals surface area contributed by atoms with Gasteiger partial charge in [-0.3, -0.25) is 0 Å². The van der Waals surface area contributed by atoms with E-state index in [4.69, 9.17) is 4.74 Å². The molecule has 1 N–H and O–H groups in total. The van der Waals surface area contributed by atoms with Crippen LogP contribution in [0.3, 0.4) is 0 Å². The quantitative estimate of drug-likeness (QED) is 0.899. The van der Waals surface area contributed by atoms with Gasteiger partial charge in [0.15, 0.2) is 0 Å². The van der Waals surface area contributed by atoms with E-state index in [1.165, 1.54) is 5.06 Å². The first-order valence-electron chi connectivity index (χ1n) is 6.69. The number of hydrogen-bond donors (Lipinski definition) is 1. The van der Waals surface area contributed by atoms with E-state index in [0.29, 0.717) is 13.0 Å². The number of nitrogens with zero attached hydrogens (tertiary/aromatic N) is 1. The Bertz CT molecular complexity index is 463. The zero-order valence-electron chi connectivity index (χ0n) is 12.2. The molecule has 0 radical (unpaired) electrons. The van der Waals surface area contributed by atoms with Crippen molar-refractivity contribution >= 4 is 0 Å². The largest absolute Gasteiger partial charge is 0.493 e. The summed E-state index contributed by atoms with van der Waals surface area (Å²) in [7, 11) is 0. The maximum absolute atomic E-state index is 10.2. The van der Waals surface area contributed by atoms with Crippen LogP contribution in [0.5, 0.6) is 0 Å². The Balaban J connectivity index is 2.09. The Morgan fingerprint density at radius 1 is 1.16 bits per heavy atom. The van der Waals surface area contributed by atoms with Crippen molar-refractivity contribution in [3.05, 3.63) is 47.7 Å². The molecule has 0 fully saturated rings. The zero-order chi connectivity index (χ0) is 14.1. The Hall–Kier alpha value is -1.32. The predicted molar refractivity (Wildman–Crippen MR) is 75.7 cm³/mol. The molecule has 1 aliphatic heterocycles. The van der Waals surface area contributed by atoms with E-state index in [0.717, 1.165) is 11.3 Å². The van der Waals surface area contributed by atoms with Crippen LogP contribution < -0.4 is 0 Å². The summed E-state index contributed by atoms with van der Waals surface area (Å²) in [6.07, 6.45) is 2.71. The van der Waals surface area contributed by atoms with Gasteiger partial charge in [0.1, 0.15) is 6.61 Å². The summed E-state index contributed by atoms with van der Waals surface area (Å²) < 4.78 is 5.91. The van der Waals surface area contributed by atoms with Gasteiger partial charge in [-0.25, -0.2) is 0 Å². The fraction of sp³-hybridized carbons (Fsp3) is 0.500. The molecular weight excluding hydrogens is 238 g/mol. The van der Waals surface area contributed by atoms with Crippen molar-refractivity contribution in [3.63, 3.8) is 0 Å². The van der Waals surface area contributed by atoms with Gasteiger partial charge in [0.05, 0.1) is 11.3 Å². The maximum Gasteiger partial charge on any atom is 0.113 e. The molecule has 0 aromatic heterocycles. The minimum Gasteiger partial charge on any atom is -0.493 e. The van der Waals surface area contributed by atoms with E-state index in [9.17, 15) is 5.21 Å². The third-order valence-electron chi connectivity index (χ3n) is 3.51. The third-order valence-corrected chi connectivity index (χ3v) is 3.51. The highest BCUT2D eigenvalue weighted by molar-refractivity contribution is 5.17. The van der Waals surface area contributed by atoms with Crippen LogP contribution in [0.4, 0.5) is 0 Å². The van der Waals surface area contributed by atoms with E-state index in [-0.39, 0.29) is 5.54 Å². The van der Waals surface area contributed by atoms with Crippen LogP contribution in [0, 0.1) is 0 Å².